The number of amides is 1. The Kier molecular flexibility index (Phi) is 6.39. The van der Waals surface area contributed by atoms with Crippen LogP contribution >= 0.6 is 22.9 Å². The average molecular weight is 369 g/mol. The lowest BCUT2D eigenvalue weighted by molar-refractivity contribution is -0.119. The molecule has 7 nitrogen and oxygen atoms in total. The highest BCUT2D eigenvalue weighted by atomic mass is 35.5. The molecule has 0 radical (unpaired) electrons. The van der Waals surface area contributed by atoms with Gasteiger partial charge in [0.15, 0.2) is 18.1 Å². The number of thiazole rings is 1. The quantitative estimate of drug-likeness (QED) is 0.551. The highest BCUT2D eigenvalue weighted by Gasteiger charge is 2.13. The minimum Gasteiger partial charge on any atom is -0.490 e. The number of nitrogens with two attached hydrogens (primary N) is 1. The average Bonchev–Trinajstić information content (AvgIpc) is 2.92. The molecule has 128 valence electrons. The predicted molar refractivity (Wildman–Crippen MR) is 95.4 cm³/mol. The number of aromatic nitrogens is 1. The first-order valence-corrected chi connectivity index (χ1v) is 8.34. The van der Waals surface area contributed by atoms with Crippen LogP contribution in [0.2, 0.25) is 5.02 Å². The summed E-state index contributed by atoms with van der Waals surface area (Å²) in [6, 6.07) is 3.36. The van der Waals surface area contributed by atoms with Crippen molar-refractivity contribution in [1.82, 2.24) is 4.98 Å². The van der Waals surface area contributed by atoms with Crippen LogP contribution in [-0.2, 0) is 4.79 Å². The highest BCUT2D eigenvalue weighted by Crippen LogP contribution is 2.36. The van der Waals surface area contributed by atoms with Crippen molar-refractivity contribution in [3.8, 4) is 11.5 Å². The molecule has 0 aliphatic heterocycles. The Balaban J connectivity index is 2.16. The molecule has 0 saturated carbocycles. The van der Waals surface area contributed by atoms with Crippen LogP contribution < -0.4 is 20.6 Å². The third kappa shape index (κ3) is 5.10. The number of ether oxygens (including phenoxy) is 2. The van der Waals surface area contributed by atoms with Crippen LogP contribution in [0.5, 0.6) is 11.5 Å². The van der Waals surface area contributed by atoms with Gasteiger partial charge in [-0.15, -0.1) is 11.3 Å². The van der Waals surface area contributed by atoms with E-state index >= 15 is 0 Å². The Morgan fingerprint density at radius 2 is 2.29 bits per heavy atom. The first-order valence-electron chi connectivity index (χ1n) is 7.08. The fourth-order valence-electron chi connectivity index (χ4n) is 1.78. The summed E-state index contributed by atoms with van der Waals surface area (Å²) in [6.45, 7) is 3.88. The lowest BCUT2D eigenvalue weighted by Gasteiger charge is -2.13. The molecular weight excluding hydrogens is 352 g/mol. The van der Waals surface area contributed by atoms with E-state index in [2.05, 4.69) is 15.5 Å². The zero-order valence-corrected chi connectivity index (χ0v) is 14.8. The largest absolute Gasteiger partial charge is 0.490 e. The molecule has 2 rings (SSSR count). The molecular formula is C15H17ClN4O3S. The van der Waals surface area contributed by atoms with E-state index in [-0.39, 0.29) is 12.4 Å². The van der Waals surface area contributed by atoms with Gasteiger partial charge in [0.1, 0.15) is 0 Å². The van der Waals surface area contributed by atoms with Crippen LogP contribution in [0.4, 0.5) is 5.13 Å². The number of primary amides is 1. The smallest absolute Gasteiger partial charge is 0.255 e. The number of hydrazone groups is 1. The van der Waals surface area contributed by atoms with Gasteiger partial charge in [-0.1, -0.05) is 11.6 Å². The summed E-state index contributed by atoms with van der Waals surface area (Å²) in [5, 5.41) is 7.03. The molecule has 0 atom stereocenters. The van der Waals surface area contributed by atoms with Crippen molar-refractivity contribution in [2.24, 2.45) is 10.8 Å². The zero-order chi connectivity index (χ0) is 17.5. The van der Waals surface area contributed by atoms with Gasteiger partial charge >= 0.3 is 0 Å². The molecule has 1 amide bonds. The topological polar surface area (TPSA) is 98.8 Å². The summed E-state index contributed by atoms with van der Waals surface area (Å²) in [4.78, 5) is 15.1. The minimum atomic E-state index is -0.595. The number of hydrogen-bond donors (Lipinski definition) is 2. The van der Waals surface area contributed by atoms with E-state index in [1.165, 1.54) is 11.3 Å². The maximum atomic E-state index is 10.9. The Hall–Kier alpha value is -2.32. The first kappa shape index (κ1) is 18.0. The van der Waals surface area contributed by atoms with Crippen LogP contribution in [0.25, 0.3) is 0 Å². The number of carbonyl (C=O) groups is 1. The molecule has 0 fully saturated rings. The second kappa shape index (κ2) is 8.51. The van der Waals surface area contributed by atoms with E-state index in [1.807, 2.05) is 19.2 Å². The van der Waals surface area contributed by atoms with Crippen LogP contribution in [0.3, 0.4) is 0 Å². The molecule has 9 heteroatoms. The lowest BCUT2D eigenvalue weighted by atomic mass is 10.2. The molecule has 0 aliphatic carbocycles. The number of carbonyl (C=O) groups excluding carboxylic acids is 1. The SMILES string of the molecule is CCOc1cc(C=NNc2nc(C)cs2)cc(Cl)c1OCC(N)=O. The van der Waals surface area contributed by atoms with E-state index < -0.39 is 5.91 Å². The maximum absolute atomic E-state index is 10.9. The second-order valence-electron chi connectivity index (χ2n) is 4.68. The van der Waals surface area contributed by atoms with Gasteiger partial charge in [-0.25, -0.2) is 4.98 Å². The molecule has 2 aromatic rings. The number of hydrogen-bond acceptors (Lipinski definition) is 7. The summed E-state index contributed by atoms with van der Waals surface area (Å²) in [5.41, 5.74) is 9.56. The Labute approximate surface area is 148 Å². The Morgan fingerprint density at radius 1 is 1.50 bits per heavy atom. The zero-order valence-electron chi connectivity index (χ0n) is 13.2. The van der Waals surface area contributed by atoms with Crippen LogP contribution in [0, 0.1) is 6.92 Å². The Morgan fingerprint density at radius 3 is 2.92 bits per heavy atom. The molecule has 0 aliphatic rings. The number of anilines is 1. The standard InChI is InChI=1S/C15H17ClN4O3S/c1-3-22-12-5-10(4-11(16)14(12)23-7-13(17)21)6-18-20-15-19-9(2)8-24-15/h4-6,8H,3,7H2,1-2H3,(H2,17,21)(H,19,20). The molecule has 0 unspecified atom stereocenters. The number of aryl methyl sites for hydroxylation is 1. The van der Waals surface area contributed by atoms with Crippen molar-refractivity contribution in [1.29, 1.82) is 0 Å². The van der Waals surface area contributed by atoms with Gasteiger partial charge in [0.2, 0.25) is 5.13 Å². The second-order valence-corrected chi connectivity index (χ2v) is 5.95. The summed E-state index contributed by atoms with van der Waals surface area (Å²) in [5.74, 6) is 0.0952. The van der Waals surface area contributed by atoms with Crippen molar-refractivity contribution >= 4 is 40.2 Å². The van der Waals surface area contributed by atoms with Crippen molar-refractivity contribution in [3.63, 3.8) is 0 Å². The van der Waals surface area contributed by atoms with E-state index in [9.17, 15) is 4.79 Å². The number of nitrogens with zero attached hydrogens (tertiary/aromatic N) is 2. The van der Waals surface area contributed by atoms with Gasteiger partial charge in [-0.3, -0.25) is 10.2 Å². The van der Waals surface area contributed by atoms with E-state index in [1.54, 1.807) is 18.3 Å². The summed E-state index contributed by atoms with van der Waals surface area (Å²) in [6.07, 6.45) is 1.59. The van der Waals surface area contributed by atoms with E-state index in [0.29, 0.717) is 28.1 Å². The van der Waals surface area contributed by atoms with Crippen LogP contribution in [-0.4, -0.2) is 30.3 Å². The molecule has 0 bridgehead atoms. The fraction of sp³-hybridized carbons (Fsp3) is 0.267. The molecule has 1 heterocycles. The molecule has 24 heavy (non-hydrogen) atoms. The number of nitrogens with one attached hydrogen (secondary N) is 1. The molecule has 1 aromatic carbocycles. The molecule has 0 spiro atoms. The third-order valence-electron chi connectivity index (χ3n) is 2.68. The summed E-state index contributed by atoms with van der Waals surface area (Å²) in [7, 11) is 0. The highest BCUT2D eigenvalue weighted by molar-refractivity contribution is 7.13. The summed E-state index contributed by atoms with van der Waals surface area (Å²) < 4.78 is 10.8. The maximum Gasteiger partial charge on any atom is 0.255 e. The summed E-state index contributed by atoms with van der Waals surface area (Å²) >= 11 is 7.66. The van der Waals surface area contributed by atoms with Crippen molar-refractivity contribution in [2.45, 2.75) is 13.8 Å². The van der Waals surface area contributed by atoms with Gasteiger partial charge in [0.05, 0.1) is 23.5 Å². The first-order chi connectivity index (χ1) is 11.5. The molecule has 1 aromatic heterocycles. The normalized spacial score (nSPS) is 10.8. The fourth-order valence-corrected chi connectivity index (χ4v) is 2.69. The molecule has 0 saturated heterocycles. The number of rotatable bonds is 8. The monoisotopic (exact) mass is 368 g/mol. The van der Waals surface area contributed by atoms with Crippen molar-refractivity contribution in [3.05, 3.63) is 33.8 Å². The van der Waals surface area contributed by atoms with Gasteiger partial charge in [0, 0.05) is 5.38 Å². The lowest BCUT2D eigenvalue weighted by Crippen LogP contribution is -2.20. The van der Waals surface area contributed by atoms with E-state index in [4.69, 9.17) is 26.8 Å². The van der Waals surface area contributed by atoms with E-state index in [0.717, 1.165) is 5.69 Å². The van der Waals surface area contributed by atoms with Gasteiger partial charge in [-0.05, 0) is 31.5 Å². The number of halogens is 1. The van der Waals surface area contributed by atoms with Crippen molar-refractivity contribution in [2.75, 3.05) is 18.6 Å². The van der Waals surface area contributed by atoms with Crippen molar-refractivity contribution < 1.29 is 14.3 Å². The van der Waals surface area contributed by atoms with Gasteiger partial charge in [0.25, 0.3) is 5.91 Å². The van der Waals surface area contributed by atoms with Gasteiger partial charge < -0.3 is 15.2 Å². The van der Waals surface area contributed by atoms with Crippen LogP contribution in [0.1, 0.15) is 18.2 Å². The number of benzene rings is 1. The molecule has 3 N–H and O–H groups in total. The predicted octanol–water partition coefficient (Wildman–Crippen LogP) is 2.81. The van der Waals surface area contributed by atoms with Gasteiger partial charge in [-0.2, -0.15) is 5.10 Å². The van der Waals surface area contributed by atoms with Crippen LogP contribution in [0.15, 0.2) is 22.6 Å². The minimum absolute atomic E-state index is 0.276. The Bertz CT molecular complexity index is 748. The third-order valence-corrected chi connectivity index (χ3v) is 3.83.